The van der Waals surface area contributed by atoms with Gasteiger partial charge in [0.25, 0.3) is 0 Å². The Hall–Kier alpha value is -5.24. The first kappa shape index (κ1) is 26.4. The minimum Gasteiger partial charge on any atom is -0.309 e. The summed E-state index contributed by atoms with van der Waals surface area (Å²) in [7, 11) is -3.45. The van der Waals surface area contributed by atoms with Crippen LogP contribution in [0.2, 0.25) is 0 Å². The number of nitrogens with zero attached hydrogens (tertiary/aromatic N) is 2. The molecule has 1 atom stereocenters. The summed E-state index contributed by atoms with van der Waals surface area (Å²) in [6.07, 6.45) is 5.84. The van der Waals surface area contributed by atoms with E-state index in [1.54, 1.807) is 6.08 Å². The zero-order valence-electron chi connectivity index (χ0n) is 24.3. The lowest BCUT2D eigenvalue weighted by molar-refractivity contribution is 0.592. The van der Waals surface area contributed by atoms with Gasteiger partial charge in [0.2, 0.25) is 0 Å². The highest BCUT2D eigenvalue weighted by Gasteiger charge is 2.33. The number of para-hydroxylation sites is 2. The Balaban J connectivity index is 1.58. The molecular formula is C40H29N2OP. The van der Waals surface area contributed by atoms with Crippen LogP contribution in [-0.2, 0) is 4.57 Å². The molecule has 0 saturated carbocycles. The minimum absolute atomic E-state index is 0.780. The van der Waals surface area contributed by atoms with Crippen LogP contribution in [0.4, 0.5) is 0 Å². The Bertz CT molecular complexity index is 2620. The number of aromatic nitrogens is 2. The van der Waals surface area contributed by atoms with E-state index in [4.69, 9.17) is 4.98 Å². The number of pyridine rings is 1. The number of rotatable bonds is 4. The van der Waals surface area contributed by atoms with E-state index in [1.807, 2.05) is 61.5 Å². The molecule has 0 spiro atoms. The SMILES string of the molecule is C=C/C=c1/c(P(=O)(c2ccc3c4ccccc4c4nc5ccccc5n4c3c2)c2cccc3ccccc23)ccc/c1=C/C. The van der Waals surface area contributed by atoms with Gasteiger partial charge in [-0.15, -0.1) is 0 Å². The maximum atomic E-state index is 16.3. The molecule has 6 aromatic carbocycles. The molecule has 3 nitrogen and oxygen atoms in total. The smallest absolute Gasteiger partial charge is 0.172 e. The van der Waals surface area contributed by atoms with Gasteiger partial charge >= 0.3 is 0 Å². The van der Waals surface area contributed by atoms with Crippen LogP contribution in [0.3, 0.4) is 0 Å². The van der Waals surface area contributed by atoms with E-state index >= 15 is 4.57 Å². The molecule has 2 heterocycles. The summed E-state index contributed by atoms with van der Waals surface area (Å²) in [5, 5.41) is 9.73. The minimum atomic E-state index is -3.45. The third-order valence-electron chi connectivity index (χ3n) is 8.76. The second kappa shape index (κ2) is 10.2. The van der Waals surface area contributed by atoms with Crippen molar-refractivity contribution >= 4 is 84.3 Å². The summed E-state index contributed by atoms with van der Waals surface area (Å²) in [6.45, 7) is 6.03. The van der Waals surface area contributed by atoms with E-state index in [-0.39, 0.29) is 0 Å². The molecule has 0 radical (unpaired) electrons. The Morgan fingerprint density at radius 3 is 2.23 bits per heavy atom. The summed E-state index contributed by atoms with van der Waals surface area (Å²) in [5.41, 5.74) is 3.84. The van der Waals surface area contributed by atoms with Crippen molar-refractivity contribution in [1.29, 1.82) is 0 Å². The highest BCUT2D eigenvalue weighted by molar-refractivity contribution is 7.85. The van der Waals surface area contributed by atoms with Crippen molar-refractivity contribution in [3.8, 4) is 0 Å². The molecule has 8 rings (SSSR count). The molecule has 0 aliphatic heterocycles. The first-order valence-electron chi connectivity index (χ1n) is 14.8. The van der Waals surface area contributed by atoms with Crippen LogP contribution in [0, 0.1) is 0 Å². The summed E-state index contributed by atoms with van der Waals surface area (Å²) in [5.74, 6) is 0. The number of benzene rings is 6. The third kappa shape index (κ3) is 3.76. The van der Waals surface area contributed by atoms with Gasteiger partial charge in [0.05, 0.1) is 16.6 Å². The lowest BCUT2D eigenvalue weighted by Crippen LogP contribution is -2.42. The predicted molar refractivity (Wildman–Crippen MR) is 189 cm³/mol. The van der Waals surface area contributed by atoms with Crippen LogP contribution in [0.25, 0.3) is 61.3 Å². The standard InChI is InChI=1S/C40H29N2OP/c1-3-13-30-27(4-2)15-11-22-38(30)44(43,39-23-12-16-28-14-5-6-17-31(28)39)29-24-25-33-32-18-7-8-19-34(32)40-41-35-20-9-10-21-36(35)42(40)37(33)26-29/h3-26H,1H2,2H3/b27-4-,30-13+. The van der Waals surface area contributed by atoms with Crippen LogP contribution in [-0.4, -0.2) is 9.38 Å². The van der Waals surface area contributed by atoms with Crippen molar-refractivity contribution in [2.24, 2.45) is 0 Å². The summed E-state index contributed by atoms with van der Waals surface area (Å²) >= 11 is 0. The van der Waals surface area contributed by atoms with Crippen LogP contribution in [0.1, 0.15) is 6.92 Å². The van der Waals surface area contributed by atoms with E-state index in [9.17, 15) is 0 Å². The summed E-state index contributed by atoms with van der Waals surface area (Å²) in [4.78, 5) is 5.08. The van der Waals surface area contributed by atoms with Gasteiger partial charge in [0.15, 0.2) is 7.14 Å². The lowest BCUT2D eigenvalue weighted by Gasteiger charge is -2.23. The van der Waals surface area contributed by atoms with E-state index in [0.717, 1.165) is 75.5 Å². The van der Waals surface area contributed by atoms with Crippen LogP contribution < -0.4 is 26.4 Å². The Morgan fingerprint density at radius 1 is 0.682 bits per heavy atom. The van der Waals surface area contributed by atoms with Gasteiger partial charge in [-0.2, -0.15) is 0 Å². The summed E-state index contributed by atoms with van der Waals surface area (Å²) < 4.78 is 18.6. The van der Waals surface area contributed by atoms with Gasteiger partial charge < -0.3 is 4.57 Å². The predicted octanol–water partition coefficient (Wildman–Crippen LogP) is 7.35. The van der Waals surface area contributed by atoms with Crippen LogP contribution in [0.15, 0.2) is 140 Å². The van der Waals surface area contributed by atoms with Crippen molar-refractivity contribution in [1.82, 2.24) is 9.38 Å². The normalized spacial score (nSPS) is 14.2. The van der Waals surface area contributed by atoms with Gasteiger partial charge in [0.1, 0.15) is 5.65 Å². The summed E-state index contributed by atoms with van der Waals surface area (Å²) in [6, 6.07) is 43.5. The fourth-order valence-corrected chi connectivity index (χ4v) is 9.86. The fourth-order valence-electron chi connectivity index (χ4n) is 6.78. The zero-order valence-corrected chi connectivity index (χ0v) is 25.2. The average Bonchev–Trinajstić information content (AvgIpc) is 3.48. The average molecular weight is 585 g/mol. The van der Waals surface area contributed by atoms with Crippen molar-refractivity contribution < 1.29 is 4.57 Å². The molecular weight excluding hydrogens is 555 g/mol. The van der Waals surface area contributed by atoms with Gasteiger partial charge in [-0.3, -0.25) is 4.40 Å². The Morgan fingerprint density at radius 2 is 1.39 bits per heavy atom. The number of imidazole rings is 1. The number of allylic oxidation sites excluding steroid dienone is 1. The first-order chi connectivity index (χ1) is 21.6. The van der Waals surface area contributed by atoms with E-state index in [1.165, 1.54) is 0 Å². The third-order valence-corrected chi connectivity index (χ3v) is 11.9. The van der Waals surface area contributed by atoms with Crippen molar-refractivity contribution in [3.63, 3.8) is 0 Å². The number of hydrogen-bond acceptors (Lipinski definition) is 2. The van der Waals surface area contributed by atoms with Gasteiger partial charge in [0, 0.05) is 26.7 Å². The quantitative estimate of drug-likeness (QED) is 0.160. The second-order valence-corrected chi connectivity index (χ2v) is 13.8. The lowest BCUT2D eigenvalue weighted by atomic mass is 10.1. The van der Waals surface area contributed by atoms with Crippen LogP contribution >= 0.6 is 7.14 Å². The monoisotopic (exact) mass is 584 g/mol. The largest absolute Gasteiger partial charge is 0.309 e. The van der Waals surface area contributed by atoms with Gasteiger partial charge in [-0.05, 0) is 51.7 Å². The molecule has 0 amide bonds. The maximum absolute atomic E-state index is 16.3. The van der Waals surface area contributed by atoms with E-state index in [0.29, 0.717) is 0 Å². The molecule has 4 heteroatoms. The molecule has 210 valence electrons. The molecule has 0 fully saturated rings. The highest BCUT2D eigenvalue weighted by atomic mass is 31.2. The molecule has 0 bridgehead atoms. The van der Waals surface area contributed by atoms with Crippen molar-refractivity contribution in [3.05, 3.63) is 150 Å². The number of hydrogen-bond donors (Lipinski definition) is 0. The topological polar surface area (TPSA) is 34.4 Å². The molecule has 0 aliphatic carbocycles. The Labute approximate surface area is 255 Å². The molecule has 1 unspecified atom stereocenters. The zero-order chi connectivity index (χ0) is 29.8. The number of fused-ring (bicyclic) bond motifs is 9. The van der Waals surface area contributed by atoms with Crippen LogP contribution in [0.5, 0.6) is 0 Å². The van der Waals surface area contributed by atoms with Crippen molar-refractivity contribution in [2.45, 2.75) is 6.92 Å². The molecule has 0 saturated heterocycles. The second-order valence-electron chi connectivity index (χ2n) is 11.1. The molecule has 0 aliphatic rings. The maximum Gasteiger partial charge on any atom is 0.172 e. The molecule has 44 heavy (non-hydrogen) atoms. The van der Waals surface area contributed by atoms with Crippen molar-refractivity contribution in [2.75, 3.05) is 0 Å². The Kier molecular flexibility index (Phi) is 6.11. The van der Waals surface area contributed by atoms with Gasteiger partial charge in [-0.1, -0.05) is 134 Å². The van der Waals surface area contributed by atoms with Gasteiger partial charge in [-0.25, -0.2) is 4.98 Å². The molecule has 0 N–H and O–H groups in total. The van der Waals surface area contributed by atoms with E-state index in [2.05, 4.69) is 95.9 Å². The molecule has 8 aromatic rings. The first-order valence-corrected chi connectivity index (χ1v) is 16.5. The highest BCUT2D eigenvalue weighted by Crippen LogP contribution is 2.44. The fraction of sp³-hybridized carbons (Fsp3) is 0.0250. The van der Waals surface area contributed by atoms with E-state index < -0.39 is 7.14 Å². The molecule has 2 aromatic heterocycles.